The van der Waals surface area contributed by atoms with Crippen LogP contribution in [0.3, 0.4) is 0 Å². The molecular formula is C20H23N3O4. The summed E-state index contributed by atoms with van der Waals surface area (Å²) < 4.78 is 5.66. The van der Waals surface area contributed by atoms with Crippen molar-refractivity contribution in [1.29, 1.82) is 0 Å². The number of carbonyl (C=O) groups excluding carboxylic acids is 3. The van der Waals surface area contributed by atoms with E-state index in [0.29, 0.717) is 24.4 Å². The molecule has 0 heterocycles. The van der Waals surface area contributed by atoms with Crippen molar-refractivity contribution in [3.63, 3.8) is 0 Å². The van der Waals surface area contributed by atoms with Gasteiger partial charge in [0.2, 0.25) is 5.91 Å². The average molecular weight is 369 g/mol. The monoisotopic (exact) mass is 369 g/mol. The molecule has 0 atom stereocenters. The van der Waals surface area contributed by atoms with Crippen molar-refractivity contribution in [2.24, 2.45) is 0 Å². The largest absolute Gasteiger partial charge is 0.483 e. The van der Waals surface area contributed by atoms with E-state index in [1.165, 1.54) is 6.92 Å². The first-order valence-electron chi connectivity index (χ1n) is 9.00. The molecule has 3 amide bonds. The Morgan fingerprint density at radius 3 is 2.37 bits per heavy atom. The Hall–Kier alpha value is -3.09. The van der Waals surface area contributed by atoms with Gasteiger partial charge in [0.1, 0.15) is 5.75 Å². The molecule has 1 saturated carbocycles. The van der Waals surface area contributed by atoms with Crippen molar-refractivity contribution < 1.29 is 19.1 Å². The highest BCUT2D eigenvalue weighted by atomic mass is 16.5. The second kappa shape index (κ2) is 8.53. The number of ether oxygens (including phenoxy) is 1. The normalized spacial score (nSPS) is 13.1. The minimum atomic E-state index is -0.316. The van der Waals surface area contributed by atoms with Gasteiger partial charge < -0.3 is 20.7 Å². The van der Waals surface area contributed by atoms with Crippen LogP contribution in [-0.2, 0) is 9.59 Å². The van der Waals surface area contributed by atoms with Crippen LogP contribution in [0.15, 0.2) is 36.4 Å². The number of benzene rings is 2. The van der Waals surface area contributed by atoms with Gasteiger partial charge in [-0.2, -0.15) is 0 Å². The quantitative estimate of drug-likeness (QED) is 0.612. The molecule has 3 N–H and O–H groups in total. The molecule has 0 saturated heterocycles. The molecule has 0 aromatic heterocycles. The zero-order chi connectivity index (χ0) is 19.2. The summed E-state index contributed by atoms with van der Waals surface area (Å²) in [5.74, 6) is -0.302. The molecule has 0 bridgehead atoms. The molecule has 3 rings (SSSR count). The fourth-order valence-electron chi connectivity index (χ4n) is 2.67. The molecule has 0 aliphatic heterocycles. The minimum Gasteiger partial charge on any atom is -0.483 e. The van der Waals surface area contributed by atoms with Crippen LogP contribution in [0, 0.1) is 0 Å². The Balaban J connectivity index is 1.72. The van der Waals surface area contributed by atoms with Crippen LogP contribution in [0.5, 0.6) is 5.75 Å². The SMILES string of the molecule is CC(=O)NCCNC(=O)c1cc2ccccc2cc1OCC(=O)NC1CC1. The second-order valence-electron chi connectivity index (χ2n) is 6.56. The van der Waals surface area contributed by atoms with Crippen molar-refractivity contribution in [2.45, 2.75) is 25.8 Å². The van der Waals surface area contributed by atoms with Crippen molar-refractivity contribution in [3.05, 3.63) is 42.0 Å². The zero-order valence-corrected chi connectivity index (χ0v) is 15.2. The van der Waals surface area contributed by atoms with Gasteiger partial charge in [0, 0.05) is 26.1 Å². The van der Waals surface area contributed by atoms with Crippen LogP contribution in [0.25, 0.3) is 10.8 Å². The Bertz CT molecular complexity index is 861. The summed E-state index contributed by atoms with van der Waals surface area (Å²) in [7, 11) is 0. The van der Waals surface area contributed by atoms with Gasteiger partial charge in [-0.15, -0.1) is 0 Å². The smallest absolute Gasteiger partial charge is 0.258 e. The van der Waals surface area contributed by atoms with E-state index in [9.17, 15) is 14.4 Å². The average Bonchev–Trinajstić information content (AvgIpc) is 3.46. The van der Waals surface area contributed by atoms with Crippen LogP contribution in [-0.4, -0.2) is 43.5 Å². The third kappa shape index (κ3) is 5.44. The van der Waals surface area contributed by atoms with Gasteiger partial charge in [-0.3, -0.25) is 14.4 Å². The third-order valence-electron chi connectivity index (χ3n) is 4.18. The van der Waals surface area contributed by atoms with Gasteiger partial charge >= 0.3 is 0 Å². The number of amides is 3. The van der Waals surface area contributed by atoms with E-state index in [1.54, 1.807) is 12.1 Å². The van der Waals surface area contributed by atoms with Crippen LogP contribution in [0.1, 0.15) is 30.1 Å². The number of carbonyl (C=O) groups is 3. The van der Waals surface area contributed by atoms with E-state index in [2.05, 4.69) is 16.0 Å². The summed E-state index contributed by atoms with van der Waals surface area (Å²) >= 11 is 0. The second-order valence-corrected chi connectivity index (χ2v) is 6.56. The molecule has 0 radical (unpaired) electrons. The lowest BCUT2D eigenvalue weighted by Crippen LogP contribution is -2.34. The first-order valence-corrected chi connectivity index (χ1v) is 9.00. The molecule has 0 unspecified atom stereocenters. The van der Waals surface area contributed by atoms with Gasteiger partial charge in [-0.25, -0.2) is 0 Å². The summed E-state index contributed by atoms with van der Waals surface area (Å²) in [4.78, 5) is 35.4. The first kappa shape index (κ1) is 18.7. The van der Waals surface area contributed by atoms with E-state index in [-0.39, 0.29) is 30.4 Å². The summed E-state index contributed by atoms with van der Waals surface area (Å²) in [5.41, 5.74) is 0.357. The van der Waals surface area contributed by atoms with E-state index < -0.39 is 0 Å². The maximum Gasteiger partial charge on any atom is 0.258 e. The molecule has 2 aromatic rings. The molecule has 7 heteroatoms. The summed E-state index contributed by atoms with van der Waals surface area (Å²) in [6.07, 6.45) is 2.01. The van der Waals surface area contributed by atoms with Gasteiger partial charge in [-0.1, -0.05) is 24.3 Å². The highest BCUT2D eigenvalue weighted by Crippen LogP contribution is 2.26. The van der Waals surface area contributed by atoms with E-state index in [0.717, 1.165) is 23.6 Å². The van der Waals surface area contributed by atoms with Crippen LogP contribution in [0.4, 0.5) is 0 Å². The molecule has 0 spiro atoms. The minimum absolute atomic E-state index is 0.138. The molecule has 7 nitrogen and oxygen atoms in total. The van der Waals surface area contributed by atoms with Crippen molar-refractivity contribution in [2.75, 3.05) is 19.7 Å². The molecular weight excluding hydrogens is 346 g/mol. The summed E-state index contributed by atoms with van der Waals surface area (Å²) in [5, 5.41) is 10.1. The van der Waals surface area contributed by atoms with Gasteiger partial charge in [-0.05, 0) is 35.7 Å². The summed E-state index contributed by atoms with van der Waals surface area (Å²) in [6.45, 7) is 1.92. The Morgan fingerprint density at radius 2 is 1.70 bits per heavy atom. The third-order valence-corrected chi connectivity index (χ3v) is 4.18. The predicted octanol–water partition coefficient (Wildman–Crippen LogP) is 1.36. The van der Waals surface area contributed by atoms with Gasteiger partial charge in [0.05, 0.1) is 5.56 Å². The predicted molar refractivity (Wildman–Crippen MR) is 102 cm³/mol. The van der Waals surface area contributed by atoms with Crippen LogP contribution < -0.4 is 20.7 Å². The molecule has 142 valence electrons. The number of rotatable bonds is 8. The fraction of sp³-hybridized carbons (Fsp3) is 0.350. The van der Waals surface area contributed by atoms with E-state index in [4.69, 9.17) is 4.74 Å². The lowest BCUT2D eigenvalue weighted by Gasteiger charge is -2.13. The van der Waals surface area contributed by atoms with Gasteiger partial charge in [0.15, 0.2) is 6.61 Å². The molecule has 1 aliphatic carbocycles. The van der Waals surface area contributed by atoms with E-state index in [1.807, 2.05) is 24.3 Å². The lowest BCUT2D eigenvalue weighted by molar-refractivity contribution is -0.123. The van der Waals surface area contributed by atoms with Gasteiger partial charge in [0.25, 0.3) is 11.8 Å². The lowest BCUT2D eigenvalue weighted by atomic mass is 10.1. The highest BCUT2D eigenvalue weighted by molar-refractivity contribution is 6.01. The van der Waals surface area contributed by atoms with Crippen molar-refractivity contribution in [3.8, 4) is 5.75 Å². The highest BCUT2D eigenvalue weighted by Gasteiger charge is 2.23. The Kier molecular flexibility index (Phi) is 5.90. The Morgan fingerprint density at radius 1 is 1.04 bits per heavy atom. The van der Waals surface area contributed by atoms with Crippen LogP contribution in [0.2, 0.25) is 0 Å². The van der Waals surface area contributed by atoms with Crippen LogP contribution >= 0.6 is 0 Å². The number of nitrogens with one attached hydrogen (secondary N) is 3. The number of hydrogen-bond donors (Lipinski definition) is 3. The molecule has 27 heavy (non-hydrogen) atoms. The molecule has 1 fully saturated rings. The molecule has 2 aromatic carbocycles. The fourth-order valence-corrected chi connectivity index (χ4v) is 2.67. The zero-order valence-electron chi connectivity index (χ0n) is 15.2. The Labute approximate surface area is 157 Å². The topological polar surface area (TPSA) is 96.5 Å². The first-order chi connectivity index (χ1) is 13.0. The maximum atomic E-state index is 12.6. The van der Waals surface area contributed by atoms with E-state index >= 15 is 0 Å². The standard InChI is InChI=1S/C20H23N3O4/c1-13(24)21-8-9-22-20(26)17-10-14-4-2-3-5-15(14)11-18(17)27-12-19(25)23-16-6-7-16/h2-5,10-11,16H,6-9,12H2,1H3,(H,21,24)(H,22,26)(H,23,25). The number of fused-ring (bicyclic) bond motifs is 1. The van der Waals surface area contributed by atoms with Crippen molar-refractivity contribution >= 4 is 28.5 Å². The number of hydrogen-bond acceptors (Lipinski definition) is 4. The molecule has 1 aliphatic rings. The maximum absolute atomic E-state index is 12.6. The van der Waals surface area contributed by atoms with Crippen molar-refractivity contribution in [1.82, 2.24) is 16.0 Å². The summed E-state index contributed by atoms with van der Waals surface area (Å²) in [6, 6.07) is 11.4.